The largest absolute Gasteiger partial charge is 0.508 e. The molecule has 1 fully saturated rings. The highest BCUT2D eigenvalue weighted by molar-refractivity contribution is 5.31. The van der Waals surface area contributed by atoms with Crippen LogP contribution >= 0.6 is 0 Å². The number of hydrogen-bond acceptors (Lipinski definition) is 3. The fraction of sp³-hybridized carbons (Fsp3) is 0.571. The molecule has 1 heterocycles. The number of para-hydroxylation sites is 1. The van der Waals surface area contributed by atoms with E-state index in [1.54, 1.807) is 6.07 Å². The Bertz CT molecular complexity index is 335. The summed E-state index contributed by atoms with van der Waals surface area (Å²) in [5, 5.41) is 13.0. The van der Waals surface area contributed by atoms with Crippen LogP contribution in [0.5, 0.6) is 5.75 Å². The smallest absolute Gasteiger partial charge is 0.120 e. The van der Waals surface area contributed by atoms with E-state index in [0.717, 1.165) is 25.2 Å². The van der Waals surface area contributed by atoms with Gasteiger partial charge in [-0.3, -0.25) is 0 Å². The molecule has 1 saturated heterocycles. The quantitative estimate of drug-likeness (QED) is 0.765. The molecule has 1 aliphatic rings. The van der Waals surface area contributed by atoms with Crippen molar-refractivity contribution in [3.63, 3.8) is 0 Å². The van der Waals surface area contributed by atoms with Gasteiger partial charge in [0.1, 0.15) is 5.75 Å². The Labute approximate surface area is 103 Å². The summed E-state index contributed by atoms with van der Waals surface area (Å²) in [6, 6.07) is 7.51. The Kier molecular flexibility index (Phi) is 4.83. The molecule has 0 unspecified atom stereocenters. The molecule has 0 aromatic heterocycles. The minimum Gasteiger partial charge on any atom is -0.508 e. The number of aromatic hydroxyl groups is 1. The first-order valence-corrected chi connectivity index (χ1v) is 6.56. The average molecular weight is 234 g/mol. The van der Waals surface area contributed by atoms with Gasteiger partial charge >= 0.3 is 0 Å². The van der Waals surface area contributed by atoms with E-state index < -0.39 is 0 Å². The fourth-order valence-corrected chi connectivity index (χ4v) is 2.30. The maximum atomic E-state index is 9.61. The number of hydrogen-bond donors (Lipinski definition) is 2. The van der Waals surface area contributed by atoms with Crippen molar-refractivity contribution in [2.45, 2.75) is 25.8 Å². The fourth-order valence-electron chi connectivity index (χ4n) is 2.30. The monoisotopic (exact) mass is 234 g/mol. The molecule has 0 amide bonds. The van der Waals surface area contributed by atoms with Gasteiger partial charge in [-0.05, 0) is 32.0 Å². The lowest BCUT2D eigenvalue weighted by Gasteiger charge is -2.26. The second-order valence-electron chi connectivity index (χ2n) is 4.71. The molecular formula is C14H22N2O. The highest BCUT2D eigenvalue weighted by Gasteiger charge is 2.08. The van der Waals surface area contributed by atoms with E-state index in [1.807, 2.05) is 18.2 Å². The molecule has 17 heavy (non-hydrogen) atoms. The number of nitrogens with zero attached hydrogens (tertiary/aromatic N) is 1. The van der Waals surface area contributed by atoms with Crippen LogP contribution in [0.3, 0.4) is 0 Å². The van der Waals surface area contributed by atoms with Gasteiger partial charge in [-0.25, -0.2) is 0 Å². The number of phenolic OH excluding ortho intramolecular Hbond substituents is 1. The summed E-state index contributed by atoms with van der Waals surface area (Å²) in [5.41, 5.74) is 0.978. The Morgan fingerprint density at radius 1 is 1.12 bits per heavy atom. The van der Waals surface area contributed by atoms with Crippen LogP contribution in [0.1, 0.15) is 24.8 Å². The van der Waals surface area contributed by atoms with Crippen LogP contribution in [0.2, 0.25) is 0 Å². The minimum atomic E-state index is 0.387. The second kappa shape index (κ2) is 6.62. The minimum absolute atomic E-state index is 0.387. The summed E-state index contributed by atoms with van der Waals surface area (Å²) < 4.78 is 0. The number of benzene rings is 1. The first-order valence-electron chi connectivity index (χ1n) is 6.56. The van der Waals surface area contributed by atoms with Crippen molar-refractivity contribution < 1.29 is 5.11 Å². The third kappa shape index (κ3) is 4.02. The Hall–Kier alpha value is -1.06. The van der Waals surface area contributed by atoms with Crippen LogP contribution in [0.25, 0.3) is 0 Å². The van der Waals surface area contributed by atoms with Crippen LogP contribution in [0.4, 0.5) is 0 Å². The third-order valence-electron chi connectivity index (χ3n) is 3.36. The molecule has 1 aromatic carbocycles. The van der Waals surface area contributed by atoms with Crippen molar-refractivity contribution in [2.75, 3.05) is 26.2 Å². The molecule has 0 aliphatic carbocycles. The van der Waals surface area contributed by atoms with E-state index >= 15 is 0 Å². The summed E-state index contributed by atoms with van der Waals surface area (Å²) in [6.45, 7) is 5.36. The average Bonchev–Trinajstić information content (AvgIpc) is 2.38. The lowest BCUT2D eigenvalue weighted by atomic mass is 10.1. The molecule has 0 saturated carbocycles. The molecule has 2 rings (SSSR count). The van der Waals surface area contributed by atoms with Gasteiger partial charge in [-0.1, -0.05) is 24.6 Å². The van der Waals surface area contributed by atoms with E-state index in [0.29, 0.717) is 5.75 Å². The van der Waals surface area contributed by atoms with Gasteiger partial charge in [0, 0.05) is 25.2 Å². The summed E-state index contributed by atoms with van der Waals surface area (Å²) >= 11 is 0. The molecule has 0 spiro atoms. The van der Waals surface area contributed by atoms with E-state index in [-0.39, 0.29) is 0 Å². The maximum absolute atomic E-state index is 9.61. The van der Waals surface area contributed by atoms with Crippen LogP contribution in [0.15, 0.2) is 24.3 Å². The molecule has 0 radical (unpaired) electrons. The SMILES string of the molecule is Oc1ccccc1CNCCN1CCCCC1. The first-order chi connectivity index (χ1) is 8.36. The van der Waals surface area contributed by atoms with Crippen molar-refractivity contribution in [2.24, 2.45) is 0 Å². The summed E-state index contributed by atoms with van der Waals surface area (Å²) in [4.78, 5) is 2.52. The Balaban J connectivity index is 1.64. The molecule has 0 atom stereocenters. The molecule has 3 heteroatoms. The molecular weight excluding hydrogens is 212 g/mol. The highest BCUT2D eigenvalue weighted by Crippen LogP contribution is 2.14. The van der Waals surface area contributed by atoms with Crippen LogP contribution in [0, 0.1) is 0 Å². The standard InChI is InChI=1S/C14H22N2O/c17-14-7-3-2-6-13(14)12-15-8-11-16-9-4-1-5-10-16/h2-3,6-7,15,17H,1,4-5,8-12H2. The number of likely N-dealkylation sites (tertiary alicyclic amines) is 1. The van der Waals surface area contributed by atoms with Gasteiger partial charge in [0.05, 0.1) is 0 Å². The molecule has 0 bridgehead atoms. The first kappa shape index (κ1) is 12.4. The summed E-state index contributed by atoms with van der Waals surface area (Å²) in [6.07, 6.45) is 4.08. The van der Waals surface area contributed by atoms with Gasteiger partial charge < -0.3 is 15.3 Å². The van der Waals surface area contributed by atoms with E-state index in [1.165, 1.54) is 32.4 Å². The van der Waals surface area contributed by atoms with Crippen molar-refractivity contribution >= 4 is 0 Å². The van der Waals surface area contributed by atoms with Gasteiger partial charge in [-0.15, -0.1) is 0 Å². The van der Waals surface area contributed by atoms with Crippen molar-refractivity contribution in [1.82, 2.24) is 10.2 Å². The lowest BCUT2D eigenvalue weighted by molar-refractivity contribution is 0.229. The highest BCUT2D eigenvalue weighted by atomic mass is 16.3. The Morgan fingerprint density at radius 3 is 2.65 bits per heavy atom. The molecule has 3 nitrogen and oxygen atoms in total. The van der Waals surface area contributed by atoms with Crippen molar-refractivity contribution in [3.8, 4) is 5.75 Å². The third-order valence-corrected chi connectivity index (χ3v) is 3.36. The number of phenols is 1. The van der Waals surface area contributed by atoms with Crippen LogP contribution in [-0.4, -0.2) is 36.2 Å². The molecule has 2 N–H and O–H groups in total. The molecule has 1 aliphatic heterocycles. The van der Waals surface area contributed by atoms with Gasteiger partial charge in [0.2, 0.25) is 0 Å². The Morgan fingerprint density at radius 2 is 1.88 bits per heavy atom. The topological polar surface area (TPSA) is 35.5 Å². The van der Waals surface area contributed by atoms with Crippen LogP contribution in [-0.2, 0) is 6.54 Å². The lowest BCUT2D eigenvalue weighted by Crippen LogP contribution is -2.35. The zero-order chi connectivity index (χ0) is 11.9. The van der Waals surface area contributed by atoms with Gasteiger partial charge in [0.15, 0.2) is 0 Å². The number of rotatable bonds is 5. The maximum Gasteiger partial charge on any atom is 0.120 e. The van der Waals surface area contributed by atoms with Crippen molar-refractivity contribution in [1.29, 1.82) is 0 Å². The van der Waals surface area contributed by atoms with E-state index in [9.17, 15) is 5.11 Å². The summed E-state index contributed by atoms with van der Waals surface area (Å²) in [7, 11) is 0. The van der Waals surface area contributed by atoms with Gasteiger partial charge in [0.25, 0.3) is 0 Å². The van der Waals surface area contributed by atoms with Crippen LogP contribution < -0.4 is 5.32 Å². The van der Waals surface area contributed by atoms with Gasteiger partial charge in [-0.2, -0.15) is 0 Å². The van der Waals surface area contributed by atoms with E-state index in [2.05, 4.69) is 10.2 Å². The molecule has 1 aromatic rings. The summed E-state index contributed by atoms with van der Waals surface area (Å²) in [5.74, 6) is 0.387. The predicted molar refractivity (Wildman–Crippen MR) is 70.1 cm³/mol. The number of piperidine rings is 1. The number of nitrogens with one attached hydrogen (secondary N) is 1. The normalized spacial score (nSPS) is 17.2. The zero-order valence-corrected chi connectivity index (χ0v) is 10.4. The predicted octanol–water partition coefficient (Wildman–Crippen LogP) is 1.97. The van der Waals surface area contributed by atoms with Crippen molar-refractivity contribution in [3.05, 3.63) is 29.8 Å². The van der Waals surface area contributed by atoms with E-state index in [4.69, 9.17) is 0 Å². The molecule has 94 valence electrons. The zero-order valence-electron chi connectivity index (χ0n) is 10.4. The second-order valence-corrected chi connectivity index (χ2v) is 4.71.